The number of allylic oxidation sites excluding steroid dienone is 2. The van der Waals surface area contributed by atoms with Crippen LogP contribution in [0.25, 0.3) is 11.0 Å². The zero-order valence-corrected chi connectivity index (χ0v) is 17.9. The lowest BCUT2D eigenvalue weighted by atomic mass is 10.1. The van der Waals surface area contributed by atoms with E-state index in [9.17, 15) is 0 Å². The molecular formula is C22H27N9. The molecule has 0 radical (unpaired) electrons. The van der Waals surface area contributed by atoms with Gasteiger partial charge in [-0.25, -0.2) is 9.67 Å². The fraction of sp³-hybridized carbons (Fsp3) is 0.364. The van der Waals surface area contributed by atoms with Crippen LogP contribution in [0, 0.1) is 12.3 Å². The number of hydrogen-bond acceptors (Lipinski definition) is 8. The van der Waals surface area contributed by atoms with Crippen LogP contribution in [0.15, 0.2) is 36.2 Å². The fourth-order valence-corrected chi connectivity index (χ4v) is 3.50. The van der Waals surface area contributed by atoms with Gasteiger partial charge in [-0.2, -0.15) is 4.98 Å². The number of nitrogens with zero attached hydrogens (tertiary/aromatic N) is 6. The molecule has 1 saturated heterocycles. The van der Waals surface area contributed by atoms with Crippen molar-refractivity contribution >= 4 is 34.2 Å². The summed E-state index contributed by atoms with van der Waals surface area (Å²) in [4.78, 5) is 11.6. The quantitative estimate of drug-likeness (QED) is 0.398. The number of aromatic nitrogens is 5. The van der Waals surface area contributed by atoms with E-state index in [1.807, 2.05) is 44.3 Å². The summed E-state index contributed by atoms with van der Waals surface area (Å²) in [7, 11) is 0. The molecule has 31 heavy (non-hydrogen) atoms. The molecule has 9 nitrogen and oxygen atoms in total. The second-order valence-electron chi connectivity index (χ2n) is 7.48. The molecule has 9 heteroatoms. The molecule has 0 bridgehead atoms. The van der Waals surface area contributed by atoms with Crippen LogP contribution in [0.3, 0.4) is 0 Å². The lowest BCUT2D eigenvalue weighted by Gasteiger charge is -2.30. The smallest absolute Gasteiger partial charge is 0.229 e. The van der Waals surface area contributed by atoms with Gasteiger partial charge in [0, 0.05) is 24.5 Å². The third kappa shape index (κ3) is 4.69. The van der Waals surface area contributed by atoms with Crippen LogP contribution in [-0.4, -0.2) is 38.1 Å². The molecule has 3 aromatic rings. The molecule has 4 rings (SSSR count). The molecule has 160 valence electrons. The summed E-state index contributed by atoms with van der Waals surface area (Å²) in [5.74, 6) is 3.83. The molecule has 1 fully saturated rings. The fourth-order valence-electron chi connectivity index (χ4n) is 3.50. The summed E-state index contributed by atoms with van der Waals surface area (Å²) >= 11 is 0. The number of terminal acetylenes is 1. The van der Waals surface area contributed by atoms with Gasteiger partial charge in [0.25, 0.3) is 0 Å². The molecule has 3 heterocycles. The van der Waals surface area contributed by atoms with Gasteiger partial charge < -0.3 is 15.6 Å². The van der Waals surface area contributed by atoms with Gasteiger partial charge in [-0.15, -0.1) is 11.5 Å². The van der Waals surface area contributed by atoms with Crippen LogP contribution in [0.5, 0.6) is 0 Å². The van der Waals surface area contributed by atoms with Crippen molar-refractivity contribution in [1.29, 1.82) is 0 Å². The average molecular weight is 418 g/mol. The Morgan fingerprint density at radius 2 is 2.10 bits per heavy atom. The first-order valence-corrected chi connectivity index (χ1v) is 10.5. The Balaban J connectivity index is 1.61. The lowest BCUT2D eigenvalue weighted by Crippen LogP contribution is -2.31. The van der Waals surface area contributed by atoms with E-state index < -0.39 is 0 Å². The molecule has 0 saturated carbocycles. The second kappa shape index (κ2) is 9.34. The minimum Gasteiger partial charge on any atom is -0.367 e. The monoisotopic (exact) mass is 417 g/mol. The second-order valence-corrected chi connectivity index (χ2v) is 7.48. The summed E-state index contributed by atoms with van der Waals surface area (Å²) in [5, 5.41) is 11.5. The van der Waals surface area contributed by atoms with Crippen molar-refractivity contribution < 1.29 is 0 Å². The zero-order chi connectivity index (χ0) is 21.6. The maximum absolute atomic E-state index is 5.43. The van der Waals surface area contributed by atoms with Gasteiger partial charge in [-0.05, 0) is 51.3 Å². The SMILES string of the molecule is C#CCn1nnc2ccc(Nc3ncc(N4CCCCC4)c(NN/C(C)=C/C)n3)cc21. The van der Waals surface area contributed by atoms with Crippen molar-refractivity contribution in [3.05, 3.63) is 36.2 Å². The van der Waals surface area contributed by atoms with E-state index >= 15 is 0 Å². The third-order valence-electron chi connectivity index (χ3n) is 5.29. The molecular weight excluding hydrogens is 390 g/mol. The molecule has 0 spiro atoms. The average Bonchev–Trinajstić information content (AvgIpc) is 3.20. The molecule has 0 atom stereocenters. The number of hydrogen-bond donors (Lipinski definition) is 3. The highest BCUT2D eigenvalue weighted by atomic mass is 15.4. The molecule has 1 aromatic carbocycles. The van der Waals surface area contributed by atoms with Gasteiger partial charge in [0.05, 0.1) is 11.7 Å². The van der Waals surface area contributed by atoms with Gasteiger partial charge in [0.1, 0.15) is 17.7 Å². The minimum absolute atomic E-state index is 0.366. The van der Waals surface area contributed by atoms with Crippen LogP contribution < -0.4 is 21.1 Å². The van der Waals surface area contributed by atoms with Gasteiger partial charge in [-0.1, -0.05) is 17.2 Å². The molecule has 1 aliphatic heterocycles. The predicted molar refractivity (Wildman–Crippen MR) is 124 cm³/mol. The van der Waals surface area contributed by atoms with E-state index in [4.69, 9.17) is 11.4 Å². The normalized spacial score (nSPS) is 14.4. The van der Waals surface area contributed by atoms with E-state index in [0.29, 0.717) is 12.5 Å². The van der Waals surface area contributed by atoms with Crippen molar-refractivity contribution in [3.8, 4) is 12.3 Å². The van der Waals surface area contributed by atoms with Gasteiger partial charge in [0.2, 0.25) is 5.95 Å². The van der Waals surface area contributed by atoms with Crippen molar-refractivity contribution in [2.24, 2.45) is 0 Å². The zero-order valence-electron chi connectivity index (χ0n) is 17.9. The van der Waals surface area contributed by atoms with E-state index in [0.717, 1.165) is 47.0 Å². The Bertz CT molecular complexity index is 1120. The lowest BCUT2D eigenvalue weighted by molar-refractivity contribution is 0.577. The van der Waals surface area contributed by atoms with E-state index in [2.05, 4.69) is 42.3 Å². The number of hydrazine groups is 1. The third-order valence-corrected chi connectivity index (χ3v) is 5.29. The molecule has 1 aliphatic rings. The number of fused-ring (bicyclic) bond motifs is 1. The maximum atomic E-state index is 5.43. The summed E-state index contributed by atoms with van der Waals surface area (Å²) in [6, 6.07) is 5.77. The number of anilines is 4. The van der Waals surface area contributed by atoms with Crippen LogP contribution in [0.4, 0.5) is 23.1 Å². The van der Waals surface area contributed by atoms with Crippen LogP contribution in [0.1, 0.15) is 33.1 Å². The van der Waals surface area contributed by atoms with Crippen molar-refractivity contribution in [1.82, 2.24) is 30.4 Å². The van der Waals surface area contributed by atoms with Crippen LogP contribution >= 0.6 is 0 Å². The molecule has 3 N–H and O–H groups in total. The van der Waals surface area contributed by atoms with Crippen molar-refractivity contribution in [2.45, 2.75) is 39.7 Å². The summed E-state index contributed by atoms with van der Waals surface area (Å²) < 4.78 is 1.69. The Morgan fingerprint density at radius 3 is 2.87 bits per heavy atom. The topological polar surface area (TPSA) is 95.8 Å². The summed E-state index contributed by atoms with van der Waals surface area (Å²) in [5.41, 5.74) is 10.9. The predicted octanol–water partition coefficient (Wildman–Crippen LogP) is 3.43. The summed E-state index contributed by atoms with van der Waals surface area (Å²) in [6.45, 7) is 6.37. The van der Waals surface area contributed by atoms with Gasteiger partial charge in [-0.3, -0.25) is 5.43 Å². The first-order valence-electron chi connectivity index (χ1n) is 10.5. The van der Waals surface area contributed by atoms with E-state index in [1.165, 1.54) is 19.3 Å². The van der Waals surface area contributed by atoms with Crippen LogP contribution in [0.2, 0.25) is 0 Å². The molecule has 0 unspecified atom stereocenters. The van der Waals surface area contributed by atoms with Crippen LogP contribution in [-0.2, 0) is 6.54 Å². The Morgan fingerprint density at radius 1 is 1.26 bits per heavy atom. The number of piperidine rings is 1. The molecule has 0 aliphatic carbocycles. The first-order chi connectivity index (χ1) is 15.2. The highest BCUT2D eigenvalue weighted by molar-refractivity contribution is 5.80. The number of nitrogens with one attached hydrogen (secondary N) is 3. The summed E-state index contributed by atoms with van der Waals surface area (Å²) in [6.07, 6.45) is 12.9. The number of rotatable bonds is 7. The minimum atomic E-state index is 0.366. The number of benzene rings is 1. The van der Waals surface area contributed by atoms with E-state index in [-0.39, 0.29) is 0 Å². The Kier molecular flexibility index (Phi) is 6.17. The standard InChI is InChI=1S/C22H27N9/c1-4-11-31-19-14-17(9-10-18(19)27-29-31)24-22-23-15-20(30-12-7-6-8-13-30)21(25-22)28-26-16(3)5-2/h1,5,9-10,14-15,26H,6-8,11-13H2,2-3H3,(H2,23,24,25,28)/b16-5+. The molecule has 0 amide bonds. The largest absolute Gasteiger partial charge is 0.367 e. The highest BCUT2D eigenvalue weighted by Gasteiger charge is 2.17. The maximum Gasteiger partial charge on any atom is 0.229 e. The van der Waals surface area contributed by atoms with E-state index in [1.54, 1.807) is 4.68 Å². The van der Waals surface area contributed by atoms with Gasteiger partial charge in [0.15, 0.2) is 5.82 Å². The van der Waals surface area contributed by atoms with Gasteiger partial charge >= 0.3 is 0 Å². The van der Waals surface area contributed by atoms with Crippen molar-refractivity contribution in [3.63, 3.8) is 0 Å². The Labute approximate surface area is 181 Å². The Hall–Kier alpha value is -3.80. The molecule has 2 aromatic heterocycles. The first kappa shape index (κ1) is 20.5. The highest BCUT2D eigenvalue weighted by Crippen LogP contribution is 2.28. The van der Waals surface area contributed by atoms with Crippen molar-refractivity contribution in [2.75, 3.05) is 28.7 Å².